The molecule has 2 N–H and O–H groups in total. The highest BCUT2D eigenvalue weighted by atomic mass is 16.5. The molecule has 0 saturated heterocycles. The molecule has 5 nitrogen and oxygen atoms in total. The van der Waals surface area contributed by atoms with E-state index in [1.807, 2.05) is 88.4 Å². The van der Waals surface area contributed by atoms with Gasteiger partial charge in [0.05, 0.1) is 11.1 Å². The lowest BCUT2D eigenvalue weighted by atomic mass is 9.89. The first kappa shape index (κ1) is 22.6. The highest BCUT2D eigenvalue weighted by molar-refractivity contribution is 5.80. The van der Waals surface area contributed by atoms with E-state index in [0.29, 0.717) is 0 Å². The van der Waals surface area contributed by atoms with Gasteiger partial charge in [0.2, 0.25) is 11.8 Å². The quantitative estimate of drug-likeness (QED) is 0.640. The zero-order valence-electron chi connectivity index (χ0n) is 17.8. The van der Waals surface area contributed by atoms with Crippen LogP contribution in [0, 0.1) is 0 Å². The van der Waals surface area contributed by atoms with Crippen molar-refractivity contribution in [2.24, 2.45) is 0 Å². The second-order valence-corrected chi connectivity index (χ2v) is 7.69. The number of benzene rings is 2. The Balaban J connectivity index is 1.85. The van der Waals surface area contributed by atoms with E-state index in [-0.39, 0.29) is 25.0 Å². The van der Waals surface area contributed by atoms with Gasteiger partial charge in [0.1, 0.15) is 13.2 Å². The third kappa shape index (κ3) is 6.16. The van der Waals surface area contributed by atoms with Gasteiger partial charge in [-0.25, -0.2) is 0 Å². The van der Waals surface area contributed by atoms with Crippen molar-refractivity contribution < 1.29 is 14.3 Å². The van der Waals surface area contributed by atoms with Crippen molar-refractivity contribution in [3.8, 4) is 0 Å². The molecule has 2 amide bonds. The Labute approximate surface area is 173 Å². The smallest absolute Gasteiger partial charge is 0.246 e. The molecule has 2 aromatic rings. The molecular weight excluding hydrogens is 364 g/mol. The predicted molar refractivity (Wildman–Crippen MR) is 115 cm³/mol. The van der Waals surface area contributed by atoms with Crippen molar-refractivity contribution in [2.45, 2.75) is 51.6 Å². The first-order chi connectivity index (χ1) is 13.8. The fraction of sp³-hybridized carbons (Fsp3) is 0.417. The van der Waals surface area contributed by atoms with Crippen LogP contribution in [0.3, 0.4) is 0 Å². The third-order valence-electron chi connectivity index (χ3n) is 5.53. The number of hydrogen-bond acceptors (Lipinski definition) is 3. The van der Waals surface area contributed by atoms with E-state index in [9.17, 15) is 9.59 Å². The van der Waals surface area contributed by atoms with Gasteiger partial charge in [-0.1, -0.05) is 74.5 Å². The van der Waals surface area contributed by atoms with Gasteiger partial charge in [0.25, 0.3) is 0 Å². The molecule has 5 heteroatoms. The lowest BCUT2D eigenvalue weighted by Gasteiger charge is -2.31. The van der Waals surface area contributed by atoms with Crippen LogP contribution in [0.2, 0.25) is 0 Å². The maximum absolute atomic E-state index is 12.4. The standard InChI is InChI=1S/C24H32N2O3/c1-5-23(3,19-13-9-7-10-14-19)25-21(27)17-29-18-22(28)26-24(4,6-2)20-15-11-8-12-16-20/h7-16H,5-6,17-18H2,1-4H3,(H,25,27)(H,26,28). The number of nitrogens with one attached hydrogen (secondary N) is 2. The molecule has 0 spiro atoms. The van der Waals surface area contributed by atoms with Crippen molar-refractivity contribution in [1.29, 1.82) is 0 Å². The fourth-order valence-electron chi connectivity index (χ4n) is 3.27. The molecule has 0 heterocycles. The van der Waals surface area contributed by atoms with Crippen LogP contribution in [0.5, 0.6) is 0 Å². The molecule has 0 fully saturated rings. The summed E-state index contributed by atoms with van der Waals surface area (Å²) in [5.74, 6) is -0.486. The molecule has 0 aliphatic carbocycles. The molecular formula is C24H32N2O3. The number of rotatable bonds is 10. The SMILES string of the molecule is CCC(C)(NC(=O)COCC(=O)NC(C)(CC)c1ccccc1)c1ccccc1. The van der Waals surface area contributed by atoms with E-state index in [2.05, 4.69) is 10.6 Å². The Morgan fingerprint density at radius 3 is 1.38 bits per heavy atom. The molecule has 2 aromatic carbocycles. The van der Waals surface area contributed by atoms with Crippen molar-refractivity contribution >= 4 is 11.8 Å². The molecule has 0 aliphatic rings. The first-order valence-corrected chi connectivity index (χ1v) is 10.1. The molecule has 156 valence electrons. The highest BCUT2D eigenvalue weighted by Crippen LogP contribution is 2.25. The van der Waals surface area contributed by atoms with Crippen molar-refractivity contribution in [3.05, 3.63) is 71.8 Å². The average molecular weight is 397 g/mol. The minimum absolute atomic E-state index is 0.163. The summed E-state index contributed by atoms with van der Waals surface area (Å²) in [5, 5.41) is 6.05. The van der Waals surface area contributed by atoms with E-state index < -0.39 is 11.1 Å². The Morgan fingerprint density at radius 1 is 0.724 bits per heavy atom. The summed E-state index contributed by atoms with van der Waals surface area (Å²) in [6, 6.07) is 19.7. The zero-order chi connectivity index (χ0) is 21.3. The number of ether oxygens (including phenoxy) is 1. The number of carbonyl (C=O) groups excluding carboxylic acids is 2. The van der Waals surface area contributed by atoms with Gasteiger partial charge < -0.3 is 15.4 Å². The molecule has 2 unspecified atom stereocenters. The lowest BCUT2D eigenvalue weighted by Crippen LogP contribution is -2.46. The van der Waals surface area contributed by atoms with Crippen molar-refractivity contribution in [2.75, 3.05) is 13.2 Å². The summed E-state index contributed by atoms with van der Waals surface area (Å²) >= 11 is 0. The van der Waals surface area contributed by atoms with Gasteiger partial charge in [-0.2, -0.15) is 0 Å². The average Bonchev–Trinajstić information content (AvgIpc) is 2.74. The normalized spacial score (nSPS) is 15.0. The van der Waals surface area contributed by atoms with Gasteiger partial charge >= 0.3 is 0 Å². The summed E-state index contributed by atoms with van der Waals surface area (Å²) in [6.07, 6.45) is 1.49. The molecule has 0 radical (unpaired) electrons. The Morgan fingerprint density at radius 2 is 1.07 bits per heavy atom. The molecule has 0 saturated carbocycles. The van der Waals surface area contributed by atoms with E-state index in [1.54, 1.807) is 0 Å². The van der Waals surface area contributed by atoms with Crippen LogP contribution in [-0.2, 0) is 25.4 Å². The predicted octanol–water partition coefficient (Wildman–Crippen LogP) is 3.89. The second-order valence-electron chi connectivity index (χ2n) is 7.69. The molecule has 2 rings (SSSR count). The van der Waals surface area contributed by atoms with Crippen LogP contribution in [-0.4, -0.2) is 25.0 Å². The van der Waals surface area contributed by atoms with E-state index in [1.165, 1.54) is 0 Å². The van der Waals surface area contributed by atoms with E-state index in [4.69, 9.17) is 4.74 Å². The van der Waals surface area contributed by atoms with E-state index in [0.717, 1.165) is 24.0 Å². The first-order valence-electron chi connectivity index (χ1n) is 10.1. The summed E-state index contributed by atoms with van der Waals surface area (Å²) in [4.78, 5) is 24.7. The van der Waals surface area contributed by atoms with E-state index >= 15 is 0 Å². The molecule has 0 aromatic heterocycles. The number of hydrogen-bond donors (Lipinski definition) is 2. The molecule has 0 bridgehead atoms. The van der Waals surface area contributed by atoms with Gasteiger partial charge in [-0.05, 0) is 37.8 Å². The Kier molecular flexibility index (Phi) is 7.97. The second kappa shape index (κ2) is 10.2. The Hall–Kier alpha value is -2.66. The molecule has 0 aliphatic heterocycles. The van der Waals surface area contributed by atoms with Crippen LogP contribution in [0.1, 0.15) is 51.7 Å². The highest BCUT2D eigenvalue weighted by Gasteiger charge is 2.28. The van der Waals surface area contributed by atoms with Crippen LogP contribution >= 0.6 is 0 Å². The van der Waals surface area contributed by atoms with Crippen LogP contribution in [0.4, 0.5) is 0 Å². The van der Waals surface area contributed by atoms with Gasteiger partial charge in [-0.15, -0.1) is 0 Å². The number of carbonyl (C=O) groups is 2. The third-order valence-corrected chi connectivity index (χ3v) is 5.53. The van der Waals surface area contributed by atoms with Crippen molar-refractivity contribution in [3.63, 3.8) is 0 Å². The van der Waals surface area contributed by atoms with Crippen molar-refractivity contribution in [1.82, 2.24) is 10.6 Å². The number of amides is 2. The maximum atomic E-state index is 12.4. The summed E-state index contributed by atoms with van der Waals surface area (Å²) in [6.45, 7) is 7.69. The zero-order valence-corrected chi connectivity index (χ0v) is 17.8. The molecule has 29 heavy (non-hydrogen) atoms. The summed E-state index contributed by atoms with van der Waals surface area (Å²) in [5.41, 5.74) is 1.13. The molecule has 2 atom stereocenters. The lowest BCUT2D eigenvalue weighted by molar-refractivity contribution is -0.133. The fourth-order valence-corrected chi connectivity index (χ4v) is 3.27. The van der Waals surface area contributed by atoms with Gasteiger partial charge in [0, 0.05) is 0 Å². The monoisotopic (exact) mass is 396 g/mol. The minimum atomic E-state index is -0.474. The summed E-state index contributed by atoms with van der Waals surface area (Å²) < 4.78 is 5.39. The largest absolute Gasteiger partial charge is 0.362 e. The van der Waals surface area contributed by atoms with Crippen LogP contribution in [0.25, 0.3) is 0 Å². The topological polar surface area (TPSA) is 67.4 Å². The van der Waals surface area contributed by atoms with Gasteiger partial charge in [-0.3, -0.25) is 9.59 Å². The minimum Gasteiger partial charge on any atom is -0.362 e. The van der Waals surface area contributed by atoms with Gasteiger partial charge in [0.15, 0.2) is 0 Å². The van der Waals surface area contributed by atoms with Crippen LogP contribution < -0.4 is 10.6 Å². The Bertz CT molecular complexity index is 727. The maximum Gasteiger partial charge on any atom is 0.246 e. The van der Waals surface area contributed by atoms with Crippen LogP contribution in [0.15, 0.2) is 60.7 Å². The summed E-state index contributed by atoms with van der Waals surface area (Å²) in [7, 11) is 0.